The lowest BCUT2D eigenvalue weighted by molar-refractivity contribution is -0.147. The molecule has 2 N–H and O–H groups in total. The van der Waals surface area contributed by atoms with E-state index in [-0.39, 0.29) is 45.1 Å². The van der Waals surface area contributed by atoms with Crippen molar-refractivity contribution in [3.05, 3.63) is 48.5 Å². The number of hydrogen-bond donors (Lipinski definition) is 2. The number of carbonyl (C=O) groups excluding carboxylic acids is 6. The third-order valence-electron chi connectivity index (χ3n) is 5.93. The number of ether oxygens (including phenoxy) is 5. The zero-order valence-electron chi connectivity index (χ0n) is 25.6. The number of esters is 4. The minimum atomic E-state index is -0.550. The molecule has 0 radical (unpaired) electrons. The van der Waals surface area contributed by atoms with Crippen molar-refractivity contribution < 1.29 is 52.5 Å². The Morgan fingerprint density at radius 1 is 0.533 bits per heavy atom. The van der Waals surface area contributed by atoms with E-state index >= 15 is 0 Å². The highest BCUT2D eigenvalue weighted by atomic mass is 16.6. The number of unbranched alkanes of at least 4 members (excludes halogenated alkanes) is 4. The fraction of sp³-hybridized carbons (Fsp3) is 0.438. The number of amides is 2. The molecule has 0 saturated carbocycles. The summed E-state index contributed by atoms with van der Waals surface area (Å²) in [7, 11) is 0. The van der Waals surface area contributed by atoms with Gasteiger partial charge in [0.05, 0.1) is 0 Å². The summed E-state index contributed by atoms with van der Waals surface area (Å²) in [4.78, 5) is 69.9. The Morgan fingerprint density at radius 2 is 0.978 bits per heavy atom. The van der Waals surface area contributed by atoms with E-state index in [0.29, 0.717) is 35.9 Å². The van der Waals surface area contributed by atoms with E-state index in [0.717, 1.165) is 25.7 Å². The van der Waals surface area contributed by atoms with E-state index in [4.69, 9.17) is 23.7 Å². The van der Waals surface area contributed by atoms with Crippen molar-refractivity contribution >= 4 is 47.1 Å². The molecule has 0 atom stereocenters. The Balaban J connectivity index is 1.49. The fourth-order valence-electron chi connectivity index (χ4n) is 3.61. The molecule has 2 aromatic carbocycles. The third-order valence-corrected chi connectivity index (χ3v) is 5.93. The quantitative estimate of drug-likeness (QED) is 0.121. The van der Waals surface area contributed by atoms with Crippen molar-refractivity contribution in [3.8, 4) is 11.5 Å². The number of anilines is 2. The van der Waals surface area contributed by atoms with Crippen LogP contribution in [0, 0.1) is 0 Å². The van der Waals surface area contributed by atoms with Crippen molar-refractivity contribution in [2.24, 2.45) is 0 Å². The van der Waals surface area contributed by atoms with Crippen molar-refractivity contribution in [3.63, 3.8) is 0 Å². The van der Waals surface area contributed by atoms with E-state index in [1.807, 2.05) is 0 Å². The first-order valence-electron chi connectivity index (χ1n) is 14.8. The van der Waals surface area contributed by atoms with Crippen LogP contribution < -0.4 is 20.1 Å². The fourth-order valence-corrected chi connectivity index (χ4v) is 3.61. The zero-order valence-corrected chi connectivity index (χ0v) is 25.6. The van der Waals surface area contributed by atoms with Gasteiger partial charge in [-0.25, -0.2) is 4.79 Å². The van der Waals surface area contributed by atoms with Crippen LogP contribution in [0.4, 0.5) is 11.4 Å². The largest absolute Gasteiger partial charge is 0.456 e. The predicted molar refractivity (Wildman–Crippen MR) is 162 cm³/mol. The van der Waals surface area contributed by atoms with Gasteiger partial charge in [0.2, 0.25) is 0 Å². The molecule has 0 aliphatic rings. The molecule has 0 saturated heterocycles. The Bertz CT molecular complexity index is 1160. The van der Waals surface area contributed by atoms with Gasteiger partial charge in [-0.15, -0.1) is 0 Å². The van der Waals surface area contributed by atoms with Gasteiger partial charge >= 0.3 is 23.9 Å². The van der Waals surface area contributed by atoms with Gasteiger partial charge in [0.15, 0.2) is 13.2 Å². The van der Waals surface area contributed by atoms with Crippen LogP contribution in [0.1, 0.15) is 65.2 Å². The van der Waals surface area contributed by atoms with Crippen LogP contribution in [0.5, 0.6) is 11.5 Å². The van der Waals surface area contributed by atoms with Crippen molar-refractivity contribution in [2.45, 2.75) is 65.2 Å². The summed E-state index contributed by atoms with van der Waals surface area (Å²) >= 11 is 0. The standard InChI is InChI=1S/C32H40N2O11/c1-3-29(37)42-20-27(35)33-23-11-15-25(16-12-23)44-31(39)10-8-6-5-7-9-19-41-22-32(40)45-26-17-13-24(14-18-26)34-28(36)21-43-30(38)4-2/h11-18H,3-10,19-22H2,1-2H3,(H,33,35)(H,34,36). The third kappa shape index (κ3) is 16.6. The molecule has 0 heterocycles. The Morgan fingerprint density at radius 3 is 1.47 bits per heavy atom. The molecule has 13 heteroatoms. The molecule has 2 rings (SSSR count). The smallest absolute Gasteiger partial charge is 0.337 e. The first-order valence-corrected chi connectivity index (χ1v) is 14.8. The van der Waals surface area contributed by atoms with Crippen LogP contribution in [0.3, 0.4) is 0 Å². The SMILES string of the molecule is CCC(=O)OCC(=O)Nc1ccc(OC(=O)CCCCCCCOCC(=O)Oc2ccc(NC(=O)COC(=O)CC)cc2)cc1. The van der Waals surface area contributed by atoms with Gasteiger partial charge < -0.3 is 34.3 Å². The lowest BCUT2D eigenvalue weighted by Gasteiger charge is -2.08. The molecule has 0 fully saturated rings. The van der Waals surface area contributed by atoms with Gasteiger partial charge in [0.1, 0.15) is 18.1 Å². The van der Waals surface area contributed by atoms with Crippen LogP contribution in [0.2, 0.25) is 0 Å². The molecule has 0 bridgehead atoms. The maximum Gasteiger partial charge on any atom is 0.337 e. The van der Waals surface area contributed by atoms with E-state index in [1.165, 1.54) is 12.1 Å². The first-order chi connectivity index (χ1) is 21.7. The van der Waals surface area contributed by atoms with E-state index in [9.17, 15) is 28.8 Å². The maximum atomic E-state index is 12.1. The molecular weight excluding hydrogens is 588 g/mol. The minimum absolute atomic E-state index is 0.186. The molecule has 2 amide bonds. The number of hydrogen-bond acceptors (Lipinski definition) is 11. The zero-order chi connectivity index (χ0) is 32.9. The van der Waals surface area contributed by atoms with Gasteiger partial charge in [-0.2, -0.15) is 0 Å². The normalized spacial score (nSPS) is 10.4. The molecule has 0 aliphatic carbocycles. The van der Waals surface area contributed by atoms with Crippen LogP contribution in [0.15, 0.2) is 48.5 Å². The summed E-state index contributed by atoms with van der Waals surface area (Å²) in [5.74, 6) is -2.11. The molecule has 0 unspecified atom stereocenters. The Hall–Kier alpha value is -4.78. The lowest BCUT2D eigenvalue weighted by atomic mass is 10.1. The maximum absolute atomic E-state index is 12.1. The van der Waals surface area contributed by atoms with Crippen LogP contribution in [-0.4, -0.2) is 62.1 Å². The van der Waals surface area contributed by atoms with Gasteiger partial charge in [-0.3, -0.25) is 24.0 Å². The number of benzene rings is 2. The van der Waals surface area contributed by atoms with Crippen molar-refractivity contribution in [1.82, 2.24) is 0 Å². The lowest BCUT2D eigenvalue weighted by Crippen LogP contribution is -2.20. The number of nitrogens with one attached hydrogen (secondary N) is 2. The average Bonchev–Trinajstić information content (AvgIpc) is 3.03. The van der Waals surface area contributed by atoms with Gasteiger partial charge in [0, 0.05) is 37.2 Å². The molecule has 0 spiro atoms. The van der Waals surface area contributed by atoms with Crippen LogP contribution in [0.25, 0.3) is 0 Å². The molecule has 0 aromatic heterocycles. The topological polar surface area (TPSA) is 173 Å². The first kappa shape index (κ1) is 36.4. The van der Waals surface area contributed by atoms with Gasteiger partial charge in [0.25, 0.3) is 11.8 Å². The molecule has 45 heavy (non-hydrogen) atoms. The van der Waals surface area contributed by atoms with Gasteiger partial charge in [-0.05, 0) is 61.4 Å². The average molecular weight is 629 g/mol. The number of rotatable bonds is 20. The Kier molecular flexibility index (Phi) is 17.0. The molecule has 244 valence electrons. The van der Waals surface area contributed by atoms with E-state index in [1.54, 1.807) is 50.2 Å². The monoisotopic (exact) mass is 628 g/mol. The molecule has 0 aliphatic heterocycles. The summed E-state index contributed by atoms with van der Waals surface area (Å²) in [6, 6.07) is 12.5. The minimum Gasteiger partial charge on any atom is -0.456 e. The second-order valence-electron chi connectivity index (χ2n) is 9.69. The van der Waals surface area contributed by atoms with Gasteiger partial charge in [-0.1, -0.05) is 33.1 Å². The van der Waals surface area contributed by atoms with E-state index in [2.05, 4.69) is 10.6 Å². The molecule has 2 aromatic rings. The second-order valence-corrected chi connectivity index (χ2v) is 9.69. The Labute approximate surface area is 261 Å². The molecule has 13 nitrogen and oxygen atoms in total. The van der Waals surface area contributed by atoms with Crippen LogP contribution >= 0.6 is 0 Å². The highest BCUT2D eigenvalue weighted by Gasteiger charge is 2.10. The van der Waals surface area contributed by atoms with Crippen molar-refractivity contribution in [1.29, 1.82) is 0 Å². The summed E-state index contributed by atoms with van der Waals surface area (Å²) < 4.78 is 25.4. The highest BCUT2D eigenvalue weighted by molar-refractivity contribution is 5.93. The summed E-state index contributed by atoms with van der Waals surface area (Å²) in [5.41, 5.74) is 0.946. The summed E-state index contributed by atoms with van der Waals surface area (Å²) in [6.07, 6.45) is 4.68. The summed E-state index contributed by atoms with van der Waals surface area (Å²) in [5, 5.41) is 5.16. The second kappa shape index (κ2) is 21.0. The predicted octanol–water partition coefficient (Wildman–Crippen LogP) is 4.34. The number of carbonyl (C=O) groups is 6. The molecular formula is C32H40N2O11. The van der Waals surface area contributed by atoms with Crippen LogP contribution in [-0.2, 0) is 43.0 Å². The summed E-state index contributed by atoms with van der Waals surface area (Å²) in [6.45, 7) is 2.72. The van der Waals surface area contributed by atoms with Crippen molar-refractivity contribution in [2.75, 3.05) is 37.1 Å². The van der Waals surface area contributed by atoms with E-state index < -0.39 is 29.7 Å². The highest BCUT2D eigenvalue weighted by Crippen LogP contribution is 2.18.